The molecule has 5 heteroatoms. The number of nitrogen functional groups attached to an aromatic ring is 1. The Bertz CT molecular complexity index is 510. The van der Waals surface area contributed by atoms with E-state index in [0.29, 0.717) is 16.9 Å². The normalized spacial score (nSPS) is 12.7. The molecule has 0 bridgehead atoms. The Hall–Kier alpha value is -1.33. The van der Waals surface area contributed by atoms with Crippen LogP contribution < -0.4 is 5.73 Å². The SMILES string of the molecule is Cn1nccc1C(O)c1ccc(Br)cc1N. The number of benzene rings is 1. The molecule has 0 spiro atoms. The molecule has 4 nitrogen and oxygen atoms in total. The van der Waals surface area contributed by atoms with E-state index in [1.807, 2.05) is 6.07 Å². The van der Waals surface area contributed by atoms with Crippen molar-refractivity contribution in [3.63, 3.8) is 0 Å². The lowest BCUT2D eigenvalue weighted by atomic mass is 10.0. The topological polar surface area (TPSA) is 64.1 Å². The molecule has 0 aliphatic rings. The molecule has 0 amide bonds. The zero-order chi connectivity index (χ0) is 11.7. The molecular weight excluding hydrogens is 270 g/mol. The second-order valence-corrected chi connectivity index (χ2v) is 4.47. The summed E-state index contributed by atoms with van der Waals surface area (Å²) in [5.41, 5.74) is 7.82. The molecule has 0 radical (unpaired) electrons. The van der Waals surface area contributed by atoms with E-state index in [-0.39, 0.29) is 0 Å². The van der Waals surface area contributed by atoms with Crippen molar-refractivity contribution < 1.29 is 5.11 Å². The van der Waals surface area contributed by atoms with Crippen molar-refractivity contribution in [2.45, 2.75) is 6.10 Å². The first kappa shape index (κ1) is 11.2. The Morgan fingerprint density at radius 2 is 2.19 bits per heavy atom. The van der Waals surface area contributed by atoms with E-state index >= 15 is 0 Å². The number of hydrogen-bond acceptors (Lipinski definition) is 3. The van der Waals surface area contributed by atoms with E-state index in [2.05, 4.69) is 21.0 Å². The summed E-state index contributed by atoms with van der Waals surface area (Å²) >= 11 is 3.33. The Morgan fingerprint density at radius 1 is 1.44 bits per heavy atom. The highest BCUT2D eigenvalue weighted by molar-refractivity contribution is 9.10. The Morgan fingerprint density at radius 3 is 2.75 bits per heavy atom. The summed E-state index contributed by atoms with van der Waals surface area (Å²) in [5, 5.41) is 14.2. The molecule has 0 saturated carbocycles. The van der Waals surface area contributed by atoms with Crippen molar-refractivity contribution in [3.8, 4) is 0 Å². The van der Waals surface area contributed by atoms with Crippen molar-refractivity contribution in [1.29, 1.82) is 0 Å². The number of aliphatic hydroxyl groups is 1. The van der Waals surface area contributed by atoms with Crippen LogP contribution in [0.15, 0.2) is 34.9 Å². The van der Waals surface area contributed by atoms with Gasteiger partial charge < -0.3 is 10.8 Å². The van der Waals surface area contributed by atoms with Gasteiger partial charge >= 0.3 is 0 Å². The van der Waals surface area contributed by atoms with Gasteiger partial charge in [-0.15, -0.1) is 0 Å². The molecule has 3 N–H and O–H groups in total. The molecule has 1 unspecified atom stereocenters. The predicted molar refractivity (Wildman–Crippen MR) is 65.8 cm³/mol. The summed E-state index contributed by atoms with van der Waals surface area (Å²) in [6, 6.07) is 7.20. The maximum absolute atomic E-state index is 10.2. The van der Waals surface area contributed by atoms with Crippen LogP contribution in [0.2, 0.25) is 0 Å². The highest BCUT2D eigenvalue weighted by Gasteiger charge is 2.16. The largest absolute Gasteiger partial charge is 0.398 e. The highest BCUT2D eigenvalue weighted by atomic mass is 79.9. The van der Waals surface area contributed by atoms with Crippen LogP contribution in [0.4, 0.5) is 5.69 Å². The fourth-order valence-corrected chi connectivity index (χ4v) is 1.99. The molecule has 1 aromatic heterocycles. The molecule has 0 aliphatic carbocycles. The van der Waals surface area contributed by atoms with E-state index in [1.165, 1.54) is 0 Å². The zero-order valence-corrected chi connectivity index (χ0v) is 10.3. The van der Waals surface area contributed by atoms with E-state index in [0.717, 1.165) is 4.47 Å². The Kier molecular flexibility index (Phi) is 2.98. The molecule has 1 aromatic carbocycles. The van der Waals surface area contributed by atoms with Gasteiger partial charge in [0.15, 0.2) is 0 Å². The third kappa shape index (κ3) is 1.96. The number of aliphatic hydroxyl groups excluding tert-OH is 1. The summed E-state index contributed by atoms with van der Waals surface area (Å²) in [6.45, 7) is 0. The maximum Gasteiger partial charge on any atom is 0.123 e. The molecule has 0 fully saturated rings. The van der Waals surface area contributed by atoms with Crippen LogP contribution >= 0.6 is 15.9 Å². The zero-order valence-electron chi connectivity index (χ0n) is 8.76. The van der Waals surface area contributed by atoms with Crippen LogP contribution in [0.3, 0.4) is 0 Å². The minimum atomic E-state index is -0.749. The van der Waals surface area contributed by atoms with Gasteiger partial charge in [-0.2, -0.15) is 5.10 Å². The van der Waals surface area contributed by atoms with Gasteiger partial charge in [0.2, 0.25) is 0 Å². The first-order chi connectivity index (χ1) is 7.59. The molecule has 0 aliphatic heterocycles. The molecule has 16 heavy (non-hydrogen) atoms. The number of halogens is 1. The summed E-state index contributed by atoms with van der Waals surface area (Å²) in [6.07, 6.45) is 0.897. The van der Waals surface area contributed by atoms with Gasteiger partial charge in [-0.1, -0.05) is 22.0 Å². The van der Waals surface area contributed by atoms with Crippen LogP contribution in [0, 0.1) is 0 Å². The summed E-state index contributed by atoms with van der Waals surface area (Å²) in [5.74, 6) is 0. The van der Waals surface area contributed by atoms with Gasteiger partial charge in [-0.3, -0.25) is 4.68 Å². The lowest BCUT2D eigenvalue weighted by molar-refractivity contribution is 0.210. The van der Waals surface area contributed by atoms with Crippen LogP contribution in [0.1, 0.15) is 17.4 Å². The summed E-state index contributed by atoms with van der Waals surface area (Å²) in [4.78, 5) is 0. The van der Waals surface area contributed by atoms with Gasteiger partial charge in [0.05, 0.1) is 5.69 Å². The first-order valence-corrected chi connectivity index (χ1v) is 5.60. The van der Waals surface area contributed by atoms with Crippen LogP contribution in [-0.2, 0) is 7.05 Å². The van der Waals surface area contributed by atoms with Gasteiger partial charge in [0.25, 0.3) is 0 Å². The summed E-state index contributed by atoms with van der Waals surface area (Å²) in [7, 11) is 1.79. The van der Waals surface area contributed by atoms with Crippen molar-refractivity contribution in [2.75, 3.05) is 5.73 Å². The molecular formula is C11H12BrN3O. The third-order valence-corrected chi connectivity index (χ3v) is 2.98. The number of anilines is 1. The average molecular weight is 282 g/mol. The molecule has 0 saturated heterocycles. The Labute approximate surface area is 102 Å². The number of aromatic nitrogens is 2. The average Bonchev–Trinajstić information content (AvgIpc) is 2.63. The fourth-order valence-electron chi connectivity index (χ4n) is 1.61. The minimum absolute atomic E-state index is 0.558. The molecule has 2 rings (SSSR count). The predicted octanol–water partition coefficient (Wildman–Crippen LogP) is 1.85. The lowest BCUT2D eigenvalue weighted by Crippen LogP contribution is -2.08. The van der Waals surface area contributed by atoms with Gasteiger partial charge in [-0.25, -0.2) is 0 Å². The molecule has 1 atom stereocenters. The van der Waals surface area contributed by atoms with Gasteiger partial charge in [0, 0.05) is 29.0 Å². The van der Waals surface area contributed by atoms with Crippen molar-refractivity contribution >= 4 is 21.6 Å². The second kappa shape index (κ2) is 4.27. The quantitative estimate of drug-likeness (QED) is 0.826. The monoisotopic (exact) mass is 281 g/mol. The smallest absolute Gasteiger partial charge is 0.123 e. The van der Waals surface area contributed by atoms with Crippen molar-refractivity contribution in [1.82, 2.24) is 9.78 Å². The second-order valence-electron chi connectivity index (χ2n) is 3.56. The van der Waals surface area contributed by atoms with Gasteiger partial charge in [-0.05, 0) is 18.2 Å². The number of aryl methyl sites for hydroxylation is 1. The Balaban J connectivity index is 2.41. The number of nitrogens with two attached hydrogens (primary N) is 1. The molecule has 84 valence electrons. The number of rotatable bonds is 2. The number of nitrogens with zero attached hydrogens (tertiary/aromatic N) is 2. The van der Waals surface area contributed by atoms with E-state index in [9.17, 15) is 5.11 Å². The maximum atomic E-state index is 10.2. The molecule has 2 aromatic rings. The van der Waals surface area contributed by atoms with Crippen molar-refractivity contribution in [3.05, 3.63) is 46.2 Å². The summed E-state index contributed by atoms with van der Waals surface area (Å²) < 4.78 is 2.53. The molecule has 1 heterocycles. The lowest BCUT2D eigenvalue weighted by Gasteiger charge is -2.13. The minimum Gasteiger partial charge on any atom is -0.398 e. The fraction of sp³-hybridized carbons (Fsp3) is 0.182. The number of hydrogen-bond donors (Lipinski definition) is 2. The van der Waals surface area contributed by atoms with Crippen molar-refractivity contribution in [2.24, 2.45) is 7.05 Å². The first-order valence-electron chi connectivity index (χ1n) is 4.80. The van der Waals surface area contributed by atoms with Crippen LogP contribution in [-0.4, -0.2) is 14.9 Å². The standard InChI is InChI=1S/C11H12BrN3O/c1-15-10(4-5-14-15)11(16)8-3-2-7(12)6-9(8)13/h2-6,11,16H,13H2,1H3. The van der Waals surface area contributed by atoms with E-state index < -0.39 is 6.10 Å². The van der Waals surface area contributed by atoms with Crippen LogP contribution in [0.5, 0.6) is 0 Å². The van der Waals surface area contributed by atoms with Crippen LogP contribution in [0.25, 0.3) is 0 Å². The van der Waals surface area contributed by atoms with E-state index in [4.69, 9.17) is 5.73 Å². The third-order valence-electron chi connectivity index (χ3n) is 2.48. The van der Waals surface area contributed by atoms with E-state index in [1.54, 1.807) is 36.1 Å². The van der Waals surface area contributed by atoms with Gasteiger partial charge in [0.1, 0.15) is 6.10 Å². The highest BCUT2D eigenvalue weighted by Crippen LogP contribution is 2.28.